The Morgan fingerprint density at radius 3 is 2.44 bits per heavy atom. The standard InChI is InChI=1S/C17H27N7O3/c1-12(2)11-23-16(27)21(4)15(26)17(23)6-9-22(10-7-17)14(25)5-8-24-13(3)18-19-20-24/h12H,5-11H2,1-4H3. The zero-order chi connectivity index (χ0) is 19.8. The maximum Gasteiger partial charge on any atom is 0.327 e. The van der Waals surface area contributed by atoms with Crippen molar-refractivity contribution in [1.29, 1.82) is 0 Å². The normalized spacial score (nSPS) is 19.7. The van der Waals surface area contributed by atoms with Crippen LogP contribution in [0.3, 0.4) is 0 Å². The number of nitrogens with zero attached hydrogens (tertiary/aromatic N) is 7. The molecule has 2 fully saturated rings. The van der Waals surface area contributed by atoms with Gasteiger partial charge in [0.1, 0.15) is 11.4 Å². The van der Waals surface area contributed by atoms with E-state index in [1.54, 1.807) is 28.5 Å². The predicted octanol–water partition coefficient (Wildman–Crippen LogP) is 0.283. The number of likely N-dealkylation sites (tertiary alicyclic amines) is 1. The summed E-state index contributed by atoms with van der Waals surface area (Å²) < 4.78 is 1.60. The molecule has 10 nitrogen and oxygen atoms in total. The van der Waals surface area contributed by atoms with Gasteiger partial charge in [0, 0.05) is 33.1 Å². The number of amides is 4. The monoisotopic (exact) mass is 377 g/mol. The molecule has 1 aromatic heterocycles. The highest BCUT2D eigenvalue weighted by Gasteiger charge is 2.57. The number of hydrogen-bond acceptors (Lipinski definition) is 6. The van der Waals surface area contributed by atoms with Crippen molar-refractivity contribution < 1.29 is 14.4 Å². The molecule has 0 aromatic carbocycles. The molecule has 1 aromatic rings. The number of aromatic nitrogens is 4. The lowest BCUT2D eigenvalue weighted by molar-refractivity contribution is -0.140. The van der Waals surface area contributed by atoms with Crippen LogP contribution < -0.4 is 0 Å². The van der Waals surface area contributed by atoms with Crippen molar-refractivity contribution in [3.05, 3.63) is 5.82 Å². The van der Waals surface area contributed by atoms with Gasteiger partial charge in [0.2, 0.25) is 5.91 Å². The van der Waals surface area contributed by atoms with Crippen molar-refractivity contribution in [2.45, 2.75) is 52.1 Å². The summed E-state index contributed by atoms with van der Waals surface area (Å²) in [6, 6.07) is -0.234. The minimum Gasteiger partial charge on any atom is -0.342 e. The zero-order valence-corrected chi connectivity index (χ0v) is 16.4. The Balaban J connectivity index is 1.64. The second-order valence-corrected chi connectivity index (χ2v) is 7.76. The van der Waals surface area contributed by atoms with Gasteiger partial charge in [-0.3, -0.25) is 14.5 Å². The van der Waals surface area contributed by atoms with E-state index in [1.807, 2.05) is 13.8 Å². The summed E-state index contributed by atoms with van der Waals surface area (Å²) in [7, 11) is 1.54. The number of piperidine rings is 1. The summed E-state index contributed by atoms with van der Waals surface area (Å²) in [6.45, 7) is 7.76. The summed E-state index contributed by atoms with van der Waals surface area (Å²) in [5, 5.41) is 11.2. The molecule has 0 unspecified atom stereocenters. The van der Waals surface area contributed by atoms with Gasteiger partial charge >= 0.3 is 6.03 Å². The van der Waals surface area contributed by atoms with Crippen molar-refractivity contribution in [2.24, 2.45) is 5.92 Å². The Kier molecular flexibility index (Phi) is 5.16. The Hall–Kier alpha value is -2.52. The number of aryl methyl sites for hydroxylation is 2. The van der Waals surface area contributed by atoms with Gasteiger partial charge in [-0.15, -0.1) is 5.10 Å². The highest BCUT2D eigenvalue weighted by molar-refractivity contribution is 6.06. The van der Waals surface area contributed by atoms with Crippen LogP contribution in [-0.4, -0.2) is 85.0 Å². The lowest BCUT2D eigenvalue weighted by Gasteiger charge is -2.42. The average Bonchev–Trinajstić information content (AvgIpc) is 3.12. The van der Waals surface area contributed by atoms with Gasteiger partial charge in [-0.2, -0.15) is 0 Å². The Morgan fingerprint density at radius 1 is 1.22 bits per heavy atom. The molecule has 2 aliphatic rings. The van der Waals surface area contributed by atoms with E-state index in [9.17, 15) is 14.4 Å². The van der Waals surface area contributed by atoms with Gasteiger partial charge in [-0.25, -0.2) is 9.48 Å². The SMILES string of the molecule is Cc1nnnn1CCC(=O)N1CCC2(CC1)C(=O)N(C)C(=O)N2CC(C)C. The van der Waals surface area contributed by atoms with Crippen LogP contribution in [0.1, 0.15) is 38.9 Å². The number of hydrogen-bond donors (Lipinski definition) is 0. The van der Waals surface area contributed by atoms with E-state index < -0.39 is 5.54 Å². The topological polar surface area (TPSA) is 105 Å². The fraction of sp³-hybridized carbons (Fsp3) is 0.765. The summed E-state index contributed by atoms with van der Waals surface area (Å²) in [6.07, 6.45) is 1.26. The van der Waals surface area contributed by atoms with E-state index in [4.69, 9.17) is 0 Å². The molecule has 3 heterocycles. The van der Waals surface area contributed by atoms with Gasteiger partial charge in [0.15, 0.2) is 0 Å². The van der Waals surface area contributed by atoms with Crippen molar-refractivity contribution >= 4 is 17.8 Å². The molecule has 27 heavy (non-hydrogen) atoms. The van der Waals surface area contributed by atoms with E-state index in [-0.39, 0.29) is 23.8 Å². The number of urea groups is 1. The summed E-state index contributed by atoms with van der Waals surface area (Å²) in [4.78, 5) is 42.6. The predicted molar refractivity (Wildman–Crippen MR) is 95.4 cm³/mol. The van der Waals surface area contributed by atoms with Crippen LogP contribution in [0.5, 0.6) is 0 Å². The number of carbonyl (C=O) groups excluding carboxylic acids is 3. The Labute approximate surface area is 158 Å². The van der Waals surface area contributed by atoms with Gasteiger partial charge in [-0.05, 0) is 36.1 Å². The minimum absolute atomic E-state index is 0.0142. The molecule has 4 amide bonds. The lowest BCUT2D eigenvalue weighted by Crippen LogP contribution is -2.58. The van der Waals surface area contributed by atoms with Crippen LogP contribution in [0.25, 0.3) is 0 Å². The quantitative estimate of drug-likeness (QED) is 0.683. The summed E-state index contributed by atoms with van der Waals surface area (Å²) >= 11 is 0. The van der Waals surface area contributed by atoms with Crippen molar-refractivity contribution in [2.75, 3.05) is 26.7 Å². The van der Waals surface area contributed by atoms with Gasteiger partial charge in [0.25, 0.3) is 5.91 Å². The molecule has 1 spiro atoms. The first-order valence-corrected chi connectivity index (χ1v) is 9.36. The van der Waals surface area contributed by atoms with E-state index in [0.717, 1.165) is 0 Å². The van der Waals surface area contributed by atoms with Crippen LogP contribution in [0.2, 0.25) is 0 Å². The van der Waals surface area contributed by atoms with E-state index in [1.165, 1.54) is 4.90 Å². The first-order chi connectivity index (χ1) is 12.8. The van der Waals surface area contributed by atoms with Gasteiger partial charge in [-0.1, -0.05) is 13.8 Å². The second kappa shape index (κ2) is 7.24. The molecule has 3 rings (SSSR count). The first kappa shape index (κ1) is 19.2. The molecule has 2 aliphatic heterocycles. The maximum atomic E-state index is 12.8. The van der Waals surface area contributed by atoms with Gasteiger partial charge < -0.3 is 9.80 Å². The third-order valence-electron chi connectivity index (χ3n) is 5.48. The van der Waals surface area contributed by atoms with E-state index in [0.29, 0.717) is 51.3 Å². The number of rotatable bonds is 5. The highest BCUT2D eigenvalue weighted by Crippen LogP contribution is 2.37. The molecule has 0 aliphatic carbocycles. The second-order valence-electron chi connectivity index (χ2n) is 7.76. The smallest absolute Gasteiger partial charge is 0.327 e. The fourth-order valence-corrected chi connectivity index (χ4v) is 3.92. The number of tetrazole rings is 1. The third-order valence-corrected chi connectivity index (χ3v) is 5.48. The molecule has 0 saturated carbocycles. The van der Waals surface area contributed by atoms with E-state index >= 15 is 0 Å². The van der Waals surface area contributed by atoms with Crippen LogP contribution in [0.15, 0.2) is 0 Å². The van der Waals surface area contributed by atoms with Gasteiger partial charge in [0.05, 0.1) is 6.54 Å². The molecule has 0 atom stereocenters. The maximum absolute atomic E-state index is 12.8. The fourth-order valence-electron chi connectivity index (χ4n) is 3.92. The lowest BCUT2D eigenvalue weighted by atomic mass is 9.85. The summed E-state index contributed by atoms with van der Waals surface area (Å²) in [5.74, 6) is 0.803. The molecule has 10 heteroatoms. The summed E-state index contributed by atoms with van der Waals surface area (Å²) in [5.41, 5.74) is -0.806. The zero-order valence-electron chi connectivity index (χ0n) is 16.4. The van der Waals surface area contributed by atoms with Crippen LogP contribution in [-0.2, 0) is 16.1 Å². The number of imide groups is 1. The molecule has 0 radical (unpaired) electrons. The molecule has 0 N–H and O–H groups in total. The average molecular weight is 377 g/mol. The number of likely N-dealkylation sites (N-methyl/N-ethyl adjacent to an activating group) is 1. The Bertz CT molecular complexity index is 737. The first-order valence-electron chi connectivity index (χ1n) is 9.36. The van der Waals surface area contributed by atoms with Crippen molar-refractivity contribution in [3.63, 3.8) is 0 Å². The van der Waals surface area contributed by atoms with Crippen molar-refractivity contribution in [1.82, 2.24) is 34.9 Å². The molecule has 148 valence electrons. The largest absolute Gasteiger partial charge is 0.342 e. The minimum atomic E-state index is -0.806. The van der Waals surface area contributed by atoms with Crippen LogP contribution in [0, 0.1) is 12.8 Å². The van der Waals surface area contributed by atoms with Crippen molar-refractivity contribution in [3.8, 4) is 0 Å². The number of carbonyl (C=O) groups is 3. The molecule has 2 saturated heterocycles. The van der Waals surface area contributed by atoms with Crippen LogP contribution in [0.4, 0.5) is 4.79 Å². The third kappa shape index (κ3) is 3.40. The van der Waals surface area contributed by atoms with Crippen LogP contribution >= 0.6 is 0 Å². The van der Waals surface area contributed by atoms with E-state index in [2.05, 4.69) is 15.5 Å². The molecule has 0 bridgehead atoms. The molecular weight excluding hydrogens is 350 g/mol. The Morgan fingerprint density at radius 2 is 1.89 bits per heavy atom. The highest BCUT2D eigenvalue weighted by atomic mass is 16.2. The molecular formula is C17H27N7O3.